The number of furan rings is 1. The minimum absolute atomic E-state index is 0.118. The fourth-order valence-electron chi connectivity index (χ4n) is 3.11. The first kappa shape index (κ1) is 16.7. The number of amides is 1. The number of aromatic nitrogens is 2. The summed E-state index contributed by atoms with van der Waals surface area (Å²) in [6.07, 6.45) is 0.883. The van der Waals surface area contributed by atoms with Gasteiger partial charge in [-0.25, -0.2) is 0 Å². The predicted octanol–water partition coefficient (Wildman–Crippen LogP) is 0.987. The zero-order valence-electron chi connectivity index (χ0n) is 14.1. The smallest absolute Gasteiger partial charge is 0.257 e. The number of likely N-dealkylation sites (tertiary alicyclic amines) is 1. The van der Waals surface area contributed by atoms with Crippen molar-refractivity contribution in [2.24, 2.45) is 0 Å². The van der Waals surface area contributed by atoms with Gasteiger partial charge in [-0.3, -0.25) is 9.69 Å². The molecule has 2 aromatic heterocycles. The van der Waals surface area contributed by atoms with Gasteiger partial charge >= 0.3 is 0 Å². The van der Waals surface area contributed by atoms with E-state index in [1.807, 2.05) is 11.8 Å². The molecule has 0 aliphatic carbocycles. The number of carbonyl (C=O) groups is 1. The molecule has 24 heavy (non-hydrogen) atoms. The lowest BCUT2D eigenvalue weighted by Gasteiger charge is -2.27. The maximum atomic E-state index is 12.6. The maximum absolute atomic E-state index is 12.6. The van der Waals surface area contributed by atoms with Crippen molar-refractivity contribution >= 4 is 5.91 Å². The highest BCUT2D eigenvalue weighted by molar-refractivity contribution is 5.95. The Labute approximate surface area is 140 Å². The molecule has 1 N–H and O–H groups in total. The lowest BCUT2D eigenvalue weighted by atomic mass is 10.2. The Morgan fingerprint density at radius 2 is 2.21 bits per heavy atom. The van der Waals surface area contributed by atoms with Gasteiger partial charge in [0.15, 0.2) is 0 Å². The number of hydrogen-bond acceptors (Lipinski definition) is 7. The molecule has 1 aliphatic heterocycles. The Morgan fingerprint density at radius 1 is 1.42 bits per heavy atom. The molecule has 3 heterocycles. The van der Waals surface area contributed by atoms with Crippen LogP contribution in [0.25, 0.3) is 0 Å². The number of aryl methyl sites for hydroxylation is 2. The third-order valence-corrected chi connectivity index (χ3v) is 4.42. The van der Waals surface area contributed by atoms with Crippen LogP contribution in [0.1, 0.15) is 34.8 Å². The molecule has 1 amide bonds. The second kappa shape index (κ2) is 6.74. The van der Waals surface area contributed by atoms with Crippen molar-refractivity contribution in [2.45, 2.75) is 39.5 Å². The second-order valence-corrected chi connectivity index (χ2v) is 6.01. The van der Waals surface area contributed by atoms with Gasteiger partial charge in [-0.05, 0) is 19.5 Å². The number of nitrogens with zero attached hydrogens (tertiary/aromatic N) is 4. The Hall–Kier alpha value is -2.19. The minimum atomic E-state index is -0.620. The average Bonchev–Trinajstić information content (AvgIpc) is 3.25. The first-order valence-corrected chi connectivity index (χ1v) is 8.04. The molecule has 0 aromatic carbocycles. The summed E-state index contributed by atoms with van der Waals surface area (Å²) in [6.45, 7) is 7.40. The third kappa shape index (κ3) is 3.20. The summed E-state index contributed by atoms with van der Waals surface area (Å²) in [4.78, 5) is 16.3. The highest BCUT2D eigenvalue weighted by Crippen LogP contribution is 2.22. The molecule has 1 saturated heterocycles. The lowest BCUT2D eigenvalue weighted by Crippen LogP contribution is -2.43. The molecular weight excluding hydrogens is 312 g/mol. The van der Waals surface area contributed by atoms with Gasteiger partial charge in [-0.1, -0.05) is 6.92 Å². The van der Waals surface area contributed by atoms with Crippen molar-refractivity contribution in [1.29, 1.82) is 0 Å². The Kier molecular flexibility index (Phi) is 4.68. The van der Waals surface area contributed by atoms with Gasteiger partial charge in [0.1, 0.15) is 5.76 Å². The summed E-state index contributed by atoms with van der Waals surface area (Å²) in [5.41, 5.74) is 0.540. The maximum Gasteiger partial charge on any atom is 0.257 e. The summed E-state index contributed by atoms with van der Waals surface area (Å²) in [5.74, 6) is 1.50. The lowest BCUT2D eigenvalue weighted by molar-refractivity contribution is 0.0742. The molecule has 1 fully saturated rings. The molecule has 2 atom stereocenters. The Morgan fingerprint density at radius 3 is 2.79 bits per heavy atom. The van der Waals surface area contributed by atoms with E-state index in [0.717, 1.165) is 0 Å². The zero-order chi connectivity index (χ0) is 17.3. The first-order valence-electron chi connectivity index (χ1n) is 8.04. The van der Waals surface area contributed by atoms with Crippen LogP contribution in [0.4, 0.5) is 0 Å². The third-order valence-electron chi connectivity index (χ3n) is 4.42. The Balaban J connectivity index is 1.70. The highest BCUT2D eigenvalue weighted by Gasteiger charge is 2.38. The van der Waals surface area contributed by atoms with E-state index in [-0.39, 0.29) is 11.9 Å². The number of likely N-dealkylation sites (N-methyl/N-ethyl adjacent to an activating group) is 1. The number of aliphatic hydroxyl groups is 1. The van der Waals surface area contributed by atoms with Crippen LogP contribution in [0.15, 0.2) is 21.2 Å². The van der Waals surface area contributed by atoms with Gasteiger partial charge in [0.25, 0.3) is 5.91 Å². The van der Waals surface area contributed by atoms with Crippen LogP contribution < -0.4 is 0 Å². The molecule has 1 aliphatic rings. The second-order valence-electron chi connectivity index (χ2n) is 6.01. The fraction of sp³-hybridized carbons (Fsp3) is 0.562. The van der Waals surface area contributed by atoms with Gasteiger partial charge in [-0.15, -0.1) is 10.2 Å². The van der Waals surface area contributed by atoms with Crippen molar-refractivity contribution in [3.05, 3.63) is 35.4 Å². The molecule has 0 spiro atoms. The van der Waals surface area contributed by atoms with E-state index >= 15 is 0 Å². The van der Waals surface area contributed by atoms with Gasteiger partial charge < -0.3 is 18.8 Å². The number of hydrogen-bond donors (Lipinski definition) is 1. The molecule has 8 nitrogen and oxygen atoms in total. The molecule has 0 saturated carbocycles. The van der Waals surface area contributed by atoms with Crippen LogP contribution in [0, 0.1) is 13.8 Å². The topological polar surface area (TPSA) is 95.8 Å². The molecule has 8 heteroatoms. The van der Waals surface area contributed by atoms with Gasteiger partial charge in [0.05, 0.1) is 30.5 Å². The van der Waals surface area contributed by atoms with Crippen molar-refractivity contribution < 1.29 is 18.7 Å². The van der Waals surface area contributed by atoms with E-state index in [1.165, 1.54) is 6.26 Å². The molecule has 2 aromatic rings. The predicted molar refractivity (Wildman–Crippen MR) is 84.3 cm³/mol. The van der Waals surface area contributed by atoms with E-state index in [2.05, 4.69) is 10.2 Å². The number of aliphatic hydroxyl groups excluding tert-OH is 1. The van der Waals surface area contributed by atoms with Gasteiger partial charge in [-0.2, -0.15) is 0 Å². The molecule has 0 radical (unpaired) electrons. The minimum Gasteiger partial charge on any atom is -0.469 e. The monoisotopic (exact) mass is 334 g/mol. The van der Waals surface area contributed by atoms with Crippen LogP contribution in [-0.4, -0.2) is 62.8 Å². The first-order chi connectivity index (χ1) is 11.5. The van der Waals surface area contributed by atoms with Gasteiger partial charge in [0, 0.05) is 20.0 Å². The van der Waals surface area contributed by atoms with E-state index < -0.39 is 6.10 Å². The van der Waals surface area contributed by atoms with E-state index in [1.54, 1.807) is 24.8 Å². The van der Waals surface area contributed by atoms with Crippen LogP contribution in [0.3, 0.4) is 0 Å². The van der Waals surface area contributed by atoms with Crippen LogP contribution in [-0.2, 0) is 6.54 Å². The zero-order valence-corrected chi connectivity index (χ0v) is 14.1. The number of carbonyl (C=O) groups excluding carboxylic acids is 1. The highest BCUT2D eigenvalue weighted by atomic mass is 16.4. The summed E-state index contributed by atoms with van der Waals surface area (Å²) in [6, 6.07) is 1.49. The van der Waals surface area contributed by atoms with Crippen LogP contribution in [0.2, 0.25) is 0 Å². The summed E-state index contributed by atoms with van der Waals surface area (Å²) >= 11 is 0. The standard InChI is InChI=1S/C16H22N4O4/c1-4-19(9-15-18-17-11(3)24-15)13-7-20(8-14(13)21)16(22)12-5-6-23-10(12)2/h5-6,13-14,21H,4,7-9H2,1-3H3/t13-,14-/m1/s1. The van der Waals surface area contributed by atoms with Crippen molar-refractivity contribution in [1.82, 2.24) is 20.0 Å². The molecule has 3 rings (SSSR count). The molecule has 0 bridgehead atoms. The van der Waals surface area contributed by atoms with Crippen LogP contribution >= 0.6 is 0 Å². The molecule has 130 valence electrons. The van der Waals surface area contributed by atoms with Crippen molar-refractivity contribution in [2.75, 3.05) is 19.6 Å². The number of β-amino-alcohol motifs (C(OH)–C–C–N with tert-alkyl or cyclic N) is 1. The molecule has 0 unspecified atom stereocenters. The molecular formula is C16H22N4O4. The summed E-state index contributed by atoms with van der Waals surface area (Å²) in [5, 5.41) is 18.3. The van der Waals surface area contributed by atoms with E-state index in [0.29, 0.717) is 49.3 Å². The quantitative estimate of drug-likeness (QED) is 0.871. The summed E-state index contributed by atoms with van der Waals surface area (Å²) in [7, 11) is 0. The largest absolute Gasteiger partial charge is 0.469 e. The van der Waals surface area contributed by atoms with Gasteiger partial charge in [0.2, 0.25) is 11.8 Å². The van der Waals surface area contributed by atoms with E-state index in [4.69, 9.17) is 8.83 Å². The number of rotatable bonds is 5. The summed E-state index contributed by atoms with van der Waals surface area (Å²) < 4.78 is 10.6. The van der Waals surface area contributed by atoms with Crippen LogP contribution in [0.5, 0.6) is 0 Å². The SMILES string of the molecule is CCN(Cc1nnc(C)o1)[C@@H]1CN(C(=O)c2ccoc2C)C[C@H]1O. The van der Waals surface area contributed by atoms with E-state index in [9.17, 15) is 9.90 Å². The normalized spacial score (nSPS) is 21.0. The van der Waals surface area contributed by atoms with Crippen molar-refractivity contribution in [3.8, 4) is 0 Å². The average molecular weight is 334 g/mol. The Bertz CT molecular complexity index is 711. The fourth-order valence-corrected chi connectivity index (χ4v) is 3.11. The van der Waals surface area contributed by atoms with Crippen molar-refractivity contribution in [3.63, 3.8) is 0 Å².